The molecular formula is C14H14ClNO2. The molecule has 0 aliphatic carbocycles. The second-order valence-electron chi connectivity index (χ2n) is 3.81. The van der Waals surface area contributed by atoms with Gasteiger partial charge in [0.15, 0.2) is 5.60 Å². The summed E-state index contributed by atoms with van der Waals surface area (Å²) in [5, 5.41) is 10.6. The summed E-state index contributed by atoms with van der Waals surface area (Å²) in [6.45, 7) is 0. The van der Waals surface area contributed by atoms with Crippen LogP contribution in [0.2, 0.25) is 0 Å². The molecule has 4 heteroatoms. The van der Waals surface area contributed by atoms with Gasteiger partial charge in [-0.3, -0.25) is 4.79 Å². The molecule has 0 aliphatic rings. The van der Waals surface area contributed by atoms with Gasteiger partial charge in [0, 0.05) is 0 Å². The van der Waals surface area contributed by atoms with E-state index >= 15 is 0 Å². The quantitative estimate of drug-likeness (QED) is 0.887. The van der Waals surface area contributed by atoms with Crippen molar-refractivity contribution in [3.63, 3.8) is 0 Å². The maximum atomic E-state index is 11.6. The molecule has 3 nitrogen and oxygen atoms in total. The third kappa shape index (κ3) is 2.37. The summed E-state index contributed by atoms with van der Waals surface area (Å²) in [6, 6.07) is 17.4. The maximum absolute atomic E-state index is 11.6. The summed E-state index contributed by atoms with van der Waals surface area (Å²) in [4.78, 5) is 11.6. The van der Waals surface area contributed by atoms with E-state index in [1.807, 2.05) is 12.1 Å². The number of amides is 1. The third-order valence-corrected chi connectivity index (χ3v) is 2.74. The molecule has 0 atom stereocenters. The van der Waals surface area contributed by atoms with E-state index in [4.69, 9.17) is 5.73 Å². The highest BCUT2D eigenvalue weighted by Crippen LogP contribution is 2.28. The lowest BCUT2D eigenvalue weighted by atomic mass is 9.86. The topological polar surface area (TPSA) is 63.3 Å². The van der Waals surface area contributed by atoms with Crippen molar-refractivity contribution in [2.45, 2.75) is 5.60 Å². The van der Waals surface area contributed by atoms with Gasteiger partial charge < -0.3 is 10.8 Å². The number of halogens is 1. The van der Waals surface area contributed by atoms with Crippen molar-refractivity contribution in [1.82, 2.24) is 0 Å². The second-order valence-corrected chi connectivity index (χ2v) is 3.81. The Morgan fingerprint density at radius 1 is 0.889 bits per heavy atom. The van der Waals surface area contributed by atoms with Gasteiger partial charge in [0.25, 0.3) is 5.91 Å². The Kier molecular flexibility index (Phi) is 4.48. The first-order valence-electron chi connectivity index (χ1n) is 5.29. The van der Waals surface area contributed by atoms with Gasteiger partial charge in [-0.1, -0.05) is 60.7 Å². The van der Waals surface area contributed by atoms with Crippen LogP contribution < -0.4 is 5.73 Å². The van der Waals surface area contributed by atoms with Gasteiger partial charge >= 0.3 is 0 Å². The third-order valence-electron chi connectivity index (χ3n) is 2.74. The fraction of sp³-hybridized carbons (Fsp3) is 0.0714. The number of hydrogen-bond acceptors (Lipinski definition) is 2. The zero-order chi connectivity index (χ0) is 12.3. The molecule has 0 bridgehead atoms. The fourth-order valence-corrected chi connectivity index (χ4v) is 1.81. The molecule has 1 amide bonds. The Morgan fingerprint density at radius 3 is 1.50 bits per heavy atom. The predicted octanol–water partition coefficient (Wildman–Crippen LogP) is 1.83. The number of primary amides is 1. The van der Waals surface area contributed by atoms with E-state index in [2.05, 4.69) is 0 Å². The maximum Gasteiger partial charge on any atom is 0.258 e. The molecule has 18 heavy (non-hydrogen) atoms. The number of benzene rings is 2. The van der Waals surface area contributed by atoms with Crippen LogP contribution in [0, 0.1) is 0 Å². The molecule has 94 valence electrons. The molecule has 3 N–H and O–H groups in total. The lowest BCUT2D eigenvalue weighted by Crippen LogP contribution is -2.42. The minimum atomic E-state index is -1.78. The molecule has 0 heterocycles. The van der Waals surface area contributed by atoms with E-state index in [0.717, 1.165) is 0 Å². The van der Waals surface area contributed by atoms with E-state index in [1.54, 1.807) is 48.5 Å². The Balaban J connectivity index is 0.00000162. The van der Waals surface area contributed by atoms with Crippen LogP contribution in [0.3, 0.4) is 0 Å². The molecule has 2 aromatic carbocycles. The minimum Gasteiger partial charge on any atom is -0.372 e. The minimum absolute atomic E-state index is 0. The van der Waals surface area contributed by atoms with Crippen LogP contribution >= 0.6 is 12.4 Å². The Labute approximate surface area is 112 Å². The molecule has 2 aromatic rings. The summed E-state index contributed by atoms with van der Waals surface area (Å²) < 4.78 is 0. The van der Waals surface area contributed by atoms with Gasteiger partial charge in [0.05, 0.1) is 0 Å². The number of aliphatic hydroxyl groups is 1. The van der Waals surface area contributed by atoms with Crippen LogP contribution in [-0.2, 0) is 10.4 Å². The zero-order valence-corrected chi connectivity index (χ0v) is 10.4. The summed E-state index contributed by atoms with van der Waals surface area (Å²) in [5.41, 5.74) is 4.51. The van der Waals surface area contributed by atoms with Crippen molar-refractivity contribution in [2.75, 3.05) is 0 Å². The first kappa shape index (κ1) is 14.2. The zero-order valence-electron chi connectivity index (χ0n) is 9.61. The van der Waals surface area contributed by atoms with Gasteiger partial charge in [-0.15, -0.1) is 12.4 Å². The molecule has 0 fully saturated rings. The molecule has 0 aromatic heterocycles. The highest BCUT2D eigenvalue weighted by Gasteiger charge is 2.37. The number of rotatable bonds is 3. The van der Waals surface area contributed by atoms with Gasteiger partial charge in [-0.25, -0.2) is 0 Å². The molecule has 0 spiro atoms. The van der Waals surface area contributed by atoms with Crippen molar-refractivity contribution in [2.24, 2.45) is 5.73 Å². The first-order valence-corrected chi connectivity index (χ1v) is 5.29. The normalized spacial score (nSPS) is 10.5. The number of carbonyl (C=O) groups is 1. The summed E-state index contributed by atoms with van der Waals surface area (Å²) >= 11 is 0. The number of hydrogen-bond donors (Lipinski definition) is 2. The van der Waals surface area contributed by atoms with E-state index < -0.39 is 11.5 Å². The van der Waals surface area contributed by atoms with Crippen LogP contribution in [0.5, 0.6) is 0 Å². The average Bonchev–Trinajstić information content (AvgIpc) is 2.39. The van der Waals surface area contributed by atoms with Crippen molar-refractivity contribution in [3.05, 3.63) is 71.8 Å². The van der Waals surface area contributed by atoms with Crippen molar-refractivity contribution >= 4 is 18.3 Å². The summed E-state index contributed by atoms with van der Waals surface area (Å²) in [7, 11) is 0. The molecule has 0 saturated carbocycles. The Morgan fingerprint density at radius 2 is 1.22 bits per heavy atom. The lowest BCUT2D eigenvalue weighted by Gasteiger charge is -2.25. The summed E-state index contributed by atoms with van der Waals surface area (Å²) in [5.74, 6) is -0.782. The van der Waals surface area contributed by atoms with Gasteiger partial charge in [-0.2, -0.15) is 0 Å². The Bertz CT molecular complexity index is 474. The van der Waals surface area contributed by atoms with Crippen LogP contribution in [0.15, 0.2) is 60.7 Å². The average molecular weight is 264 g/mol. The first-order chi connectivity index (χ1) is 8.15. The smallest absolute Gasteiger partial charge is 0.258 e. The van der Waals surface area contributed by atoms with Crippen molar-refractivity contribution in [3.8, 4) is 0 Å². The molecule has 0 aliphatic heterocycles. The molecule has 0 saturated heterocycles. The molecule has 0 unspecified atom stereocenters. The monoisotopic (exact) mass is 263 g/mol. The Hall–Kier alpha value is -1.84. The van der Waals surface area contributed by atoms with E-state index in [-0.39, 0.29) is 12.4 Å². The van der Waals surface area contributed by atoms with Crippen LogP contribution in [-0.4, -0.2) is 11.0 Å². The number of nitrogens with two attached hydrogens (primary N) is 1. The highest BCUT2D eigenvalue weighted by atomic mass is 35.5. The molecule has 0 radical (unpaired) electrons. The molecular weight excluding hydrogens is 250 g/mol. The standard InChI is InChI=1S/C14H13NO2.ClH/c15-13(16)14(17,11-7-3-1-4-8-11)12-9-5-2-6-10-12;/h1-10,17H,(H2,15,16);1H. The highest BCUT2D eigenvalue weighted by molar-refractivity contribution is 5.88. The summed E-state index contributed by atoms with van der Waals surface area (Å²) in [6.07, 6.45) is 0. The van der Waals surface area contributed by atoms with Gasteiger partial charge in [0.1, 0.15) is 0 Å². The van der Waals surface area contributed by atoms with Gasteiger partial charge in [-0.05, 0) is 11.1 Å². The van der Waals surface area contributed by atoms with Crippen LogP contribution in [0.25, 0.3) is 0 Å². The van der Waals surface area contributed by atoms with Crippen LogP contribution in [0.1, 0.15) is 11.1 Å². The van der Waals surface area contributed by atoms with E-state index in [0.29, 0.717) is 11.1 Å². The second kappa shape index (κ2) is 5.67. The number of carbonyl (C=O) groups excluding carboxylic acids is 1. The van der Waals surface area contributed by atoms with E-state index in [9.17, 15) is 9.90 Å². The van der Waals surface area contributed by atoms with Crippen molar-refractivity contribution in [1.29, 1.82) is 0 Å². The largest absolute Gasteiger partial charge is 0.372 e. The predicted molar refractivity (Wildman–Crippen MR) is 72.3 cm³/mol. The van der Waals surface area contributed by atoms with Crippen molar-refractivity contribution < 1.29 is 9.90 Å². The fourth-order valence-electron chi connectivity index (χ4n) is 1.81. The van der Waals surface area contributed by atoms with Crippen LogP contribution in [0.4, 0.5) is 0 Å². The van der Waals surface area contributed by atoms with E-state index in [1.165, 1.54) is 0 Å². The SMILES string of the molecule is Cl.NC(=O)C(O)(c1ccccc1)c1ccccc1. The van der Waals surface area contributed by atoms with Gasteiger partial charge in [0.2, 0.25) is 0 Å². The lowest BCUT2D eigenvalue weighted by molar-refractivity contribution is -0.133. The molecule has 2 rings (SSSR count).